The summed E-state index contributed by atoms with van der Waals surface area (Å²) in [5, 5.41) is 9.27. The van der Waals surface area contributed by atoms with Crippen LogP contribution < -0.4 is 0 Å². The largest absolute Gasteiger partial charge is 0.393 e. The van der Waals surface area contributed by atoms with E-state index in [-0.39, 0.29) is 6.10 Å². The molecule has 1 heteroatoms. The van der Waals surface area contributed by atoms with E-state index in [1.165, 1.54) is 0 Å². The monoisotopic (exact) mass is 142 g/mol. The quantitative estimate of drug-likeness (QED) is 0.597. The van der Waals surface area contributed by atoms with E-state index in [9.17, 15) is 5.11 Å². The molecule has 0 aliphatic rings. The third-order valence-electron chi connectivity index (χ3n) is 1.91. The van der Waals surface area contributed by atoms with Crippen molar-refractivity contribution in [1.29, 1.82) is 0 Å². The second-order valence-electron chi connectivity index (χ2n) is 3.17. The van der Waals surface area contributed by atoms with Crippen LogP contribution in [0.25, 0.3) is 0 Å². The Balaban J connectivity index is 3.84. The molecule has 0 spiro atoms. The van der Waals surface area contributed by atoms with E-state index < -0.39 is 0 Å². The molecule has 0 saturated heterocycles. The molecule has 0 radical (unpaired) electrons. The molecule has 0 aromatic carbocycles. The Hall–Kier alpha value is -0.300. The zero-order valence-corrected chi connectivity index (χ0v) is 7.17. The fourth-order valence-corrected chi connectivity index (χ4v) is 1.22. The summed E-state index contributed by atoms with van der Waals surface area (Å²) in [7, 11) is 0. The van der Waals surface area contributed by atoms with Crippen molar-refractivity contribution in [3.05, 3.63) is 12.7 Å². The summed E-state index contributed by atoms with van der Waals surface area (Å²) in [4.78, 5) is 0. The summed E-state index contributed by atoms with van der Waals surface area (Å²) in [6, 6.07) is 0. The standard InChI is InChI=1S/C9H18O/c1-5-6-9(7(2)3)8(4)10/h5,7-10H,1,6H2,2-4H3/t8-,9+/m0/s1. The van der Waals surface area contributed by atoms with Crippen LogP contribution in [0, 0.1) is 11.8 Å². The van der Waals surface area contributed by atoms with Gasteiger partial charge in [-0.3, -0.25) is 0 Å². The third kappa shape index (κ3) is 3.02. The van der Waals surface area contributed by atoms with Crippen molar-refractivity contribution in [2.75, 3.05) is 0 Å². The highest BCUT2D eigenvalue weighted by Gasteiger charge is 2.16. The van der Waals surface area contributed by atoms with Gasteiger partial charge in [0.05, 0.1) is 6.10 Å². The number of rotatable bonds is 4. The fraction of sp³-hybridized carbons (Fsp3) is 0.778. The Morgan fingerprint density at radius 3 is 2.00 bits per heavy atom. The lowest BCUT2D eigenvalue weighted by molar-refractivity contribution is 0.0994. The second-order valence-corrected chi connectivity index (χ2v) is 3.17. The molecule has 0 bridgehead atoms. The topological polar surface area (TPSA) is 20.2 Å². The zero-order chi connectivity index (χ0) is 8.15. The Kier molecular flexibility index (Phi) is 4.37. The second kappa shape index (κ2) is 4.51. The molecule has 1 N–H and O–H groups in total. The molecular weight excluding hydrogens is 124 g/mol. The lowest BCUT2D eigenvalue weighted by Gasteiger charge is -2.21. The minimum atomic E-state index is -0.210. The van der Waals surface area contributed by atoms with Gasteiger partial charge in [-0.15, -0.1) is 6.58 Å². The van der Waals surface area contributed by atoms with Crippen molar-refractivity contribution in [1.82, 2.24) is 0 Å². The van der Waals surface area contributed by atoms with E-state index in [0.717, 1.165) is 6.42 Å². The fourth-order valence-electron chi connectivity index (χ4n) is 1.22. The van der Waals surface area contributed by atoms with Gasteiger partial charge in [-0.2, -0.15) is 0 Å². The molecule has 0 saturated carbocycles. The Labute approximate surface area is 63.8 Å². The summed E-state index contributed by atoms with van der Waals surface area (Å²) in [6.07, 6.45) is 2.57. The molecule has 1 nitrogen and oxygen atoms in total. The molecule has 2 atom stereocenters. The first-order valence-electron chi connectivity index (χ1n) is 3.88. The maximum Gasteiger partial charge on any atom is 0.0545 e. The number of allylic oxidation sites excluding steroid dienone is 1. The van der Waals surface area contributed by atoms with Gasteiger partial charge in [0.1, 0.15) is 0 Å². The lowest BCUT2D eigenvalue weighted by atomic mass is 9.88. The van der Waals surface area contributed by atoms with E-state index in [4.69, 9.17) is 0 Å². The van der Waals surface area contributed by atoms with Crippen LogP contribution >= 0.6 is 0 Å². The van der Waals surface area contributed by atoms with Gasteiger partial charge in [0, 0.05) is 0 Å². The highest BCUT2D eigenvalue weighted by atomic mass is 16.3. The van der Waals surface area contributed by atoms with Crippen molar-refractivity contribution in [2.45, 2.75) is 33.3 Å². The van der Waals surface area contributed by atoms with Crippen LogP contribution in [0.3, 0.4) is 0 Å². The number of hydrogen-bond donors (Lipinski definition) is 1. The van der Waals surface area contributed by atoms with Crippen molar-refractivity contribution in [3.63, 3.8) is 0 Å². The molecular formula is C9H18O. The highest BCUT2D eigenvalue weighted by molar-refractivity contribution is 4.78. The predicted molar refractivity (Wildman–Crippen MR) is 44.8 cm³/mol. The van der Waals surface area contributed by atoms with Crippen LogP contribution in [0.5, 0.6) is 0 Å². The molecule has 0 rings (SSSR count). The van der Waals surface area contributed by atoms with E-state index in [0.29, 0.717) is 11.8 Å². The molecule has 0 unspecified atom stereocenters. The average Bonchev–Trinajstić information content (AvgIpc) is 1.81. The first-order valence-corrected chi connectivity index (χ1v) is 3.88. The third-order valence-corrected chi connectivity index (χ3v) is 1.91. The Morgan fingerprint density at radius 2 is 1.90 bits per heavy atom. The normalized spacial score (nSPS) is 16.9. The molecule has 0 aliphatic heterocycles. The van der Waals surface area contributed by atoms with Crippen LogP contribution in [-0.2, 0) is 0 Å². The minimum absolute atomic E-state index is 0.210. The van der Waals surface area contributed by atoms with Gasteiger partial charge in [-0.1, -0.05) is 19.9 Å². The molecule has 10 heavy (non-hydrogen) atoms. The van der Waals surface area contributed by atoms with E-state index in [1.54, 1.807) is 0 Å². The Bertz CT molecular complexity index is 86.9. The van der Waals surface area contributed by atoms with Crippen molar-refractivity contribution in [2.24, 2.45) is 11.8 Å². The lowest BCUT2D eigenvalue weighted by Crippen LogP contribution is -2.21. The molecule has 0 heterocycles. The van der Waals surface area contributed by atoms with Gasteiger partial charge < -0.3 is 5.11 Å². The molecule has 0 fully saturated rings. The molecule has 60 valence electrons. The van der Waals surface area contributed by atoms with Crippen molar-refractivity contribution >= 4 is 0 Å². The van der Waals surface area contributed by atoms with E-state index >= 15 is 0 Å². The molecule has 0 aromatic heterocycles. The van der Waals surface area contributed by atoms with Gasteiger partial charge in [-0.25, -0.2) is 0 Å². The van der Waals surface area contributed by atoms with Crippen molar-refractivity contribution < 1.29 is 5.11 Å². The first kappa shape index (κ1) is 9.70. The summed E-state index contributed by atoms with van der Waals surface area (Å²) in [5.41, 5.74) is 0. The maximum atomic E-state index is 9.27. The van der Waals surface area contributed by atoms with Crippen LogP contribution in [-0.4, -0.2) is 11.2 Å². The smallest absolute Gasteiger partial charge is 0.0545 e. The summed E-state index contributed by atoms with van der Waals surface area (Å²) in [5.74, 6) is 0.912. The van der Waals surface area contributed by atoms with Gasteiger partial charge in [-0.05, 0) is 25.2 Å². The summed E-state index contributed by atoms with van der Waals surface area (Å²) >= 11 is 0. The summed E-state index contributed by atoms with van der Waals surface area (Å²) in [6.45, 7) is 9.75. The van der Waals surface area contributed by atoms with Crippen LogP contribution in [0.15, 0.2) is 12.7 Å². The number of aliphatic hydroxyl groups excluding tert-OH is 1. The maximum absolute atomic E-state index is 9.27. The molecule has 0 amide bonds. The zero-order valence-electron chi connectivity index (χ0n) is 7.17. The summed E-state index contributed by atoms with van der Waals surface area (Å²) < 4.78 is 0. The van der Waals surface area contributed by atoms with Gasteiger partial charge >= 0.3 is 0 Å². The van der Waals surface area contributed by atoms with Gasteiger partial charge in [0.25, 0.3) is 0 Å². The van der Waals surface area contributed by atoms with Crippen LogP contribution in [0.1, 0.15) is 27.2 Å². The van der Waals surface area contributed by atoms with Crippen LogP contribution in [0.4, 0.5) is 0 Å². The van der Waals surface area contributed by atoms with E-state index in [1.807, 2.05) is 13.0 Å². The molecule has 0 aromatic rings. The minimum Gasteiger partial charge on any atom is -0.393 e. The van der Waals surface area contributed by atoms with Gasteiger partial charge in [0.15, 0.2) is 0 Å². The van der Waals surface area contributed by atoms with Gasteiger partial charge in [0.2, 0.25) is 0 Å². The Morgan fingerprint density at radius 1 is 1.40 bits per heavy atom. The number of aliphatic hydroxyl groups is 1. The predicted octanol–water partition coefficient (Wildman–Crippen LogP) is 2.22. The van der Waals surface area contributed by atoms with E-state index in [2.05, 4.69) is 20.4 Å². The SMILES string of the molecule is C=CC[C@H](C(C)C)[C@H](C)O. The average molecular weight is 142 g/mol. The molecule has 0 aliphatic carbocycles. The number of hydrogen-bond acceptors (Lipinski definition) is 1. The van der Waals surface area contributed by atoms with Crippen molar-refractivity contribution in [3.8, 4) is 0 Å². The van der Waals surface area contributed by atoms with Crippen LogP contribution in [0.2, 0.25) is 0 Å². The highest BCUT2D eigenvalue weighted by Crippen LogP contribution is 2.19. The first-order chi connectivity index (χ1) is 4.59.